The van der Waals surface area contributed by atoms with Gasteiger partial charge in [-0.25, -0.2) is 0 Å². The highest BCUT2D eigenvalue weighted by atomic mass is 32.2. The largest absolute Gasteiger partial charge is 0.384 e. The summed E-state index contributed by atoms with van der Waals surface area (Å²) in [5.74, 6) is 2.40. The van der Waals surface area contributed by atoms with E-state index in [4.69, 9.17) is 11.1 Å². The van der Waals surface area contributed by atoms with E-state index in [9.17, 15) is 0 Å². The van der Waals surface area contributed by atoms with Crippen LogP contribution in [0.25, 0.3) is 0 Å². The third-order valence-electron chi connectivity index (χ3n) is 2.37. The fraction of sp³-hybridized carbons (Fsp3) is 0.417. The number of benzene rings is 1. The first kappa shape index (κ1) is 12.9. The van der Waals surface area contributed by atoms with Crippen LogP contribution in [-0.2, 0) is 0 Å². The molecule has 88 valence electrons. The Morgan fingerprint density at radius 1 is 1.50 bits per heavy atom. The summed E-state index contributed by atoms with van der Waals surface area (Å²) >= 11 is 1.93. The topological polar surface area (TPSA) is 53.1 Å². The fourth-order valence-corrected chi connectivity index (χ4v) is 2.08. The maximum absolute atomic E-state index is 7.40. The van der Waals surface area contributed by atoms with E-state index < -0.39 is 0 Å². The molecule has 0 saturated heterocycles. The van der Waals surface area contributed by atoms with Crippen molar-refractivity contribution in [2.75, 3.05) is 30.0 Å². The van der Waals surface area contributed by atoms with Crippen molar-refractivity contribution in [1.82, 2.24) is 0 Å². The molecule has 0 unspecified atom stereocenters. The maximum Gasteiger partial charge on any atom is 0.122 e. The van der Waals surface area contributed by atoms with Gasteiger partial charge in [0.2, 0.25) is 0 Å². The molecular weight excluding hydrogens is 218 g/mol. The van der Waals surface area contributed by atoms with Gasteiger partial charge in [0.05, 0.1) is 0 Å². The summed E-state index contributed by atoms with van der Waals surface area (Å²) in [6, 6.07) is 7.80. The van der Waals surface area contributed by atoms with Crippen molar-refractivity contribution in [3.05, 3.63) is 29.8 Å². The maximum atomic E-state index is 7.40. The third-order valence-corrected chi connectivity index (χ3v) is 3.25. The molecule has 4 heteroatoms. The first-order valence-electron chi connectivity index (χ1n) is 5.38. The molecule has 0 heterocycles. The van der Waals surface area contributed by atoms with Gasteiger partial charge < -0.3 is 10.6 Å². The van der Waals surface area contributed by atoms with Crippen LogP contribution in [-0.4, -0.2) is 30.9 Å². The van der Waals surface area contributed by atoms with Crippen molar-refractivity contribution in [2.45, 2.75) is 6.92 Å². The number of thioether (sulfide) groups is 1. The molecule has 0 aliphatic rings. The SMILES string of the molecule is CCSCCN(C)c1cccc(C(=N)N)c1. The van der Waals surface area contributed by atoms with Crippen molar-refractivity contribution in [2.24, 2.45) is 5.73 Å². The van der Waals surface area contributed by atoms with Crippen LogP contribution in [0.3, 0.4) is 0 Å². The van der Waals surface area contributed by atoms with Gasteiger partial charge in [0.25, 0.3) is 0 Å². The number of hydrogen-bond acceptors (Lipinski definition) is 3. The van der Waals surface area contributed by atoms with Gasteiger partial charge in [-0.15, -0.1) is 0 Å². The van der Waals surface area contributed by atoms with Crippen molar-refractivity contribution in [1.29, 1.82) is 5.41 Å². The van der Waals surface area contributed by atoms with Crippen LogP contribution >= 0.6 is 11.8 Å². The molecule has 0 radical (unpaired) electrons. The predicted molar refractivity (Wildman–Crippen MR) is 73.7 cm³/mol. The van der Waals surface area contributed by atoms with Crippen molar-refractivity contribution >= 4 is 23.3 Å². The molecule has 0 saturated carbocycles. The number of rotatable bonds is 6. The Bertz CT molecular complexity index is 352. The predicted octanol–water partition coefficient (Wildman–Crippen LogP) is 2.16. The Morgan fingerprint density at radius 2 is 2.25 bits per heavy atom. The minimum atomic E-state index is 0.123. The highest BCUT2D eigenvalue weighted by Crippen LogP contribution is 2.15. The van der Waals surface area contributed by atoms with E-state index >= 15 is 0 Å². The number of nitrogen functional groups attached to an aromatic ring is 1. The normalized spacial score (nSPS) is 10.1. The summed E-state index contributed by atoms with van der Waals surface area (Å²) < 4.78 is 0. The second kappa shape index (κ2) is 6.43. The molecule has 1 rings (SSSR count). The monoisotopic (exact) mass is 237 g/mol. The number of nitrogens with two attached hydrogens (primary N) is 1. The Balaban J connectivity index is 2.64. The van der Waals surface area contributed by atoms with Crippen LogP contribution in [0.1, 0.15) is 12.5 Å². The van der Waals surface area contributed by atoms with Crippen LogP contribution in [0.2, 0.25) is 0 Å². The summed E-state index contributed by atoms with van der Waals surface area (Å²) in [6.45, 7) is 3.18. The first-order chi connectivity index (χ1) is 7.65. The van der Waals surface area contributed by atoms with Gasteiger partial charge in [0, 0.05) is 30.6 Å². The highest BCUT2D eigenvalue weighted by molar-refractivity contribution is 7.99. The van der Waals surface area contributed by atoms with E-state index in [0.717, 1.165) is 29.3 Å². The number of amidine groups is 1. The van der Waals surface area contributed by atoms with Gasteiger partial charge in [-0.3, -0.25) is 5.41 Å². The smallest absolute Gasteiger partial charge is 0.122 e. The Kier molecular flexibility index (Phi) is 5.19. The summed E-state index contributed by atoms with van der Waals surface area (Å²) in [5.41, 5.74) is 7.37. The molecule has 3 nitrogen and oxygen atoms in total. The van der Waals surface area contributed by atoms with Gasteiger partial charge in [0.15, 0.2) is 0 Å². The molecule has 0 atom stereocenters. The second-order valence-corrected chi connectivity index (χ2v) is 4.98. The lowest BCUT2D eigenvalue weighted by Crippen LogP contribution is -2.21. The zero-order valence-electron chi connectivity index (χ0n) is 9.86. The molecule has 0 spiro atoms. The fourth-order valence-electron chi connectivity index (χ4n) is 1.39. The molecule has 0 bridgehead atoms. The molecule has 1 aromatic carbocycles. The lowest BCUT2D eigenvalue weighted by molar-refractivity contribution is 0.977. The minimum Gasteiger partial charge on any atom is -0.384 e. The average molecular weight is 237 g/mol. The highest BCUT2D eigenvalue weighted by Gasteiger charge is 2.02. The minimum absolute atomic E-state index is 0.123. The summed E-state index contributed by atoms with van der Waals surface area (Å²) in [5, 5.41) is 7.40. The summed E-state index contributed by atoms with van der Waals surface area (Å²) in [6.07, 6.45) is 0. The van der Waals surface area contributed by atoms with E-state index in [2.05, 4.69) is 18.9 Å². The van der Waals surface area contributed by atoms with Crippen LogP contribution < -0.4 is 10.6 Å². The van der Waals surface area contributed by atoms with Crippen LogP contribution in [0.5, 0.6) is 0 Å². The summed E-state index contributed by atoms with van der Waals surface area (Å²) in [4.78, 5) is 2.19. The molecule has 16 heavy (non-hydrogen) atoms. The van der Waals surface area contributed by atoms with E-state index in [-0.39, 0.29) is 5.84 Å². The number of nitrogens with one attached hydrogen (secondary N) is 1. The van der Waals surface area contributed by atoms with Crippen LogP contribution in [0, 0.1) is 5.41 Å². The van der Waals surface area contributed by atoms with Crippen LogP contribution in [0.15, 0.2) is 24.3 Å². The van der Waals surface area contributed by atoms with Gasteiger partial charge in [-0.2, -0.15) is 11.8 Å². The quantitative estimate of drug-likeness (QED) is 0.453. The van der Waals surface area contributed by atoms with E-state index in [1.807, 2.05) is 36.0 Å². The molecule has 0 aliphatic heterocycles. The molecule has 0 amide bonds. The molecule has 3 N–H and O–H groups in total. The number of hydrogen-bond donors (Lipinski definition) is 2. The lowest BCUT2D eigenvalue weighted by atomic mass is 10.2. The Labute approximate surface area is 102 Å². The van der Waals surface area contributed by atoms with Crippen molar-refractivity contribution in [3.63, 3.8) is 0 Å². The van der Waals surface area contributed by atoms with Gasteiger partial charge >= 0.3 is 0 Å². The molecule has 0 aromatic heterocycles. The van der Waals surface area contributed by atoms with Crippen molar-refractivity contribution < 1.29 is 0 Å². The summed E-state index contributed by atoms with van der Waals surface area (Å²) in [7, 11) is 2.06. The Hall–Kier alpha value is -1.16. The third kappa shape index (κ3) is 3.77. The van der Waals surface area contributed by atoms with Gasteiger partial charge in [0.1, 0.15) is 5.84 Å². The average Bonchev–Trinajstić information content (AvgIpc) is 2.29. The lowest BCUT2D eigenvalue weighted by Gasteiger charge is -2.19. The number of anilines is 1. The Morgan fingerprint density at radius 3 is 2.88 bits per heavy atom. The van der Waals surface area contributed by atoms with Crippen molar-refractivity contribution in [3.8, 4) is 0 Å². The second-order valence-electron chi connectivity index (χ2n) is 3.58. The molecular formula is C12H19N3S. The van der Waals surface area contributed by atoms with E-state index in [1.165, 1.54) is 0 Å². The molecule has 0 fully saturated rings. The number of nitrogens with zero attached hydrogens (tertiary/aromatic N) is 1. The van der Waals surface area contributed by atoms with E-state index in [1.54, 1.807) is 0 Å². The van der Waals surface area contributed by atoms with E-state index in [0.29, 0.717) is 0 Å². The standard InChI is InChI=1S/C12H19N3S/c1-3-16-8-7-15(2)11-6-4-5-10(9-11)12(13)14/h4-6,9H,3,7-8H2,1-2H3,(H3,13,14). The molecule has 1 aromatic rings. The first-order valence-corrected chi connectivity index (χ1v) is 6.54. The van der Waals surface area contributed by atoms with Crippen LogP contribution in [0.4, 0.5) is 5.69 Å². The molecule has 0 aliphatic carbocycles. The zero-order chi connectivity index (χ0) is 12.0. The van der Waals surface area contributed by atoms with Gasteiger partial charge in [-0.05, 0) is 17.9 Å². The van der Waals surface area contributed by atoms with Gasteiger partial charge in [-0.1, -0.05) is 19.1 Å². The zero-order valence-corrected chi connectivity index (χ0v) is 10.7.